The van der Waals surface area contributed by atoms with Gasteiger partial charge in [-0.2, -0.15) is 0 Å². The molecule has 2 aromatic carbocycles. The van der Waals surface area contributed by atoms with Crippen LogP contribution in [0.2, 0.25) is 5.02 Å². The Morgan fingerprint density at radius 2 is 1.86 bits per heavy atom. The quantitative estimate of drug-likeness (QED) is 0.702. The highest BCUT2D eigenvalue weighted by Gasteiger charge is 2.22. The Balaban J connectivity index is 2.25. The standard InChI is InChI=1S/C17H13Cl2FN2/c1-22-10-12(19)9-21-17(13-4-2-3-5-15(13)20)14-8-11(18)6-7-16(14)22/h2-10,17H,1H3/b12-10+,21-9-. The van der Waals surface area contributed by atoms with Crippen molar-refractivity contribution in [3.05, 3.63) is 75.7 Å². The third-order valence-electron chi connectivity index (χ3n) is 3.53. The van der Waals surface area contributed by atoms with Crippen LogP contribution in [0, 0.1) is 5.82 Å². The molecule has 1 unspecified atom stereocenters. The number of halogens is 3. The number of benzene rings is 2. The molecule has 2 aromatic rings. The van der Waals surface area contributed by atoms with E-state index >= 15 is 0 Å². The molecule has 5 heteroatoms. The molecule has 22 heavy (non-hydrogen) atoms. The average molecular weight is 335 g/mol. The Kier molecular flexibility index (Phi) is 4.19. The van der Waals surface area contributed by atoms with Gasteiger partial charge in [0.15, 0.2) is 0 Å². The minimum atomic E-state index is -0.500. The summed E-state index contributed by atoms with van der Waals surface area (Å²) in [4.78, 5) is 6.34. The third kappa shape index (κ3) is 2.87. The van der Waals surface area contributed by atoms with Crippen molar-refractivity contribution in [2.45, 2.75) is 6.04 Å². The van der Waals surface area contributed by atoms with Gasteiger partial charge >= 0.3 is 0 Å². The summed E-state index contributed by atoms with van der Waals surface area (Å²) in [5.74, 6) is -0.307. The van der Waals surface area contributed by atoms with E-state index in [4.69, 9.17) is 23.2 Å². The molecule has 0 aromatic heterocycles. The van der Waals surface area contributed by atoms with Crippen molar-refractivity contribution in [2.24, 2.45) is 4.99 Å². The molecule has 0 bridgehead atoms. The zero-order valence-corrected chi connectivity index (χ0v) is 13.3. The first kappa shape index (κ1) is 15.1. The van der Waals surface area contributed by atoms with Gasteiger partial charge in [-0.15, -0.1) is 0 Å². The van der Waals surface area contributed by atoms with Crippen LogP contribution < -0.4 is 4.90 Å². The highest BCUT2D eigenvalue weighted by molar-refractivity contribution is 6.39. The van der Waals surface area contributed by atoms with E-state index in [2.05, 4.69) is 4.99 Å². The van der Waals surface area contributed by atoms with Crippen LogP contribution >= 0.6 is 23.2 Å². The number of allylic oxidation sites excluding steroid dienone is 1. The SMILES string of the molecule is CN1/C=C(Cl)\C=N/C(c2ccccc2F)c2cc(Cl)ccc21. The molecule has 0 fully saturated rings. The molecule has 0 saturated carbocycles. The molecule has 1 atom stereocenters. The molecule has 0 aliphatic carbocycles. The fourth-order valence-corrected chi connectivity index (χ4v) is 2.91. The topological polar surface area (TPSA) is 15.6 Å². The summed E-state index contributed by atoms with van der Waals surface area (Å²) in [6.45, 7) is 0. The second-order valence-electron chi connectivity index (χ2n) is 5.03. The molecule has 0 spiro atoms. The molecular formula is C17H13Cl2FN2. The van der Waals surface area contributed by atoms with E-state index in [1.165, 1.54) is 6.07 Å². The lowest BCUT2D eigenvalue weighted by Crippen LogP contribution is -2.15. The van der Waals surface area contributed by atoms with Crippen LogP contribution in [0.1, 0.15) is 17.2 Å². The van der Waals surface area contributed by atoms with Gasteiger partial charge in [-0.25, -0.2) is 4.39 Å². The lowest BCUT2D eigenvalue weighted by molar-refractivity contribution is 0.600. The minimum absolute atomic E-state index is 0.307. The van der Waals surface area contributed by atoms with Crippen molar-refractivity contribution in [3.63, 3.8) is 0 Å². The zero-order valence-electron chi connectivity index (χ0n) is 11.8. The lowest BCUT2D eigenvalue weighted by atomic mass is 9.96. The second kappa shape index (κ2) is 6.11. The molecule has 2 nitrogen and oxygen atoms in total. The summed E-state index contributed by atoms with van der Waals surface area (Å²) in [5, 5.41) is 1.06. The first-order chi connectivity index (χ1) is 10.6. The van der Waals surface area contributed by atoms with E-state index in [0.29, 0.717) is 15.6 Å². The fraction of sp³-hybridized carbons (Fsp3) is 0.118. The van der Waals surface area contributed by atoms with Crippen LogP contribution in [0.5, 0.6) is 0 Å². The summed E-state index contributed by atoms with van der Waals surface area (Å²) in [5.41, 5.74) is 2.20. The highest BCUT2D eigenvalue weighted by Crippen LogP contribution is 2.37. The van der Waals surface area contributed by atoms with Crippen LogP contribution in [0.3, 0.4) is 0 Å². The van der Waals surface area contributed by atoms with Gasteiger partial charge in [0.2, 0.25) is 0 Å². The van der Waals surface area contributed by atoms with Gasteiger partial charge in [0.25, 0.3) is 0 Å². The van der Waals surface area contributed by atoms with Gasteiger partial charge in [-0.05, 0) is 24.3 Å². The maximum Gasteiger partial charge on any atom is 0.128 e. The van der Waals surface area contributed by atoms with E-state index in [0.717, 1.165) is 11.3 Å². The highest BCUT2D eigenvalue weighted by atomic mass is 35.5. The number of rotatable bonds is 1. The van der Waals surface area contributed by atoms with E-state index in [1.54, 1.807) is 36.7 Å². The zero-order chi connectivity index (χ0) is 15.7. The largest absolute Gasteiger partial charge is 0.349 e. The molecule has 1 heterocycles. The van der Waals surface area contributed by atoms with E-state index in [-0.39, 0.29) is 5.82 Å². The lowest BCUT2D eigenvalue weighted by Gasteiger charge is -2.25. The van der Waals surface area contributed by atoms with Crippen LogP contribution in [0.15, 0.2) is 58.7 Å². The van der Waals surface area contributed by atoms with Gasteiger partial charge in [0.05, 0.1) is 5.03 Å². The van der Waals surface area contributed by atoms with Crippen molar-refractivity contribution in [1.82, 2.24) is 0 Å². The first-order valence-electron chi connectivity index (χ1n) is 6.73. The summed E-state index contributed by atoms with van der Waals surface area (Å²) < 4.78 is 14.2. The van der Waals surface area contributed by atoms with Gasteiger partial charge in [0.1, 0.15) is 11.9 Å². The van der Waals surface area contributed by atoms with E-state index in [1.807, 2.05) is 24.1 Å². The Bertz CT molecular complexity index is 771. The Labute approximate surface area is 138 Å². The summed E-state index contributed by atoms with van der Waals surface area (Å²) in [7, 11) is 1.88. The summed E-state index contributed by atoms with van der Waals surface area (Å²) in [6, 6.07) is 11.6. The summed E-state index contributed by atoms with van der Waals surface area (Å²) >= 11 is 12.3. The fourth-order valence-electron chi connectivity index (χ4n) is 2.52. The van der Waals surface area contributed by atoms with Crippen molar-refractivity contribution in [1.29, 1.82) is 0 Å². The molecule has 0 N–H and O–H groups in total. The van der Waals surface area contributed by atoms with Gasteiger partial charge in [-0.3, -0.25) is 4.99 Å². The molecule has 0 saturated heterocycles. The Hall–Kier alpha value is -1.84. The van der Waals surface area contributed by atoms with Crippen molar-refractivity contribution >= 4 is 35.1 Å². The first-order valence-corrected chi connectivity index (χ1v) is 7.49. The number of hydrogen-bond acceptors (Lipinski definition) is 2. The average Bonchev–Trinajstić information content (AvgIpc) is 2.48. The van der Waals surface area contributed by atoms with Crippen LogP contribution in [-0.2, 0) is 0 Å². The Morgan fingerprint density at radius 3 is 2.64 bits per heavy atom. The predicted molar refractivity (Wildman–Crippen MR) is 90.5 cm³/mol. The van der Waals surface area contributed by atoms with E-state index in [9.17, 15) is 4.39 Å². The number of anilines is 1. The maximum absolute atomic E-state index is 14.2. The summed E-state index contributed by atoms with van der Waals surface area (Å²) in [6.07, 6.45) is 3.30. The predicted octanol–water partition coefficient (Wildman–Crippen LogP) is 5.17. The number of fused-ring (bicyclic) bond motifs is 1. The van der Waals surface area contributed by atoms with Gasteiger partial charge in [0, 0.05) is 41.3 Å². The molecular weight excluding hydrogens is 322 g/mol. The normalized spacial score (nSPS) is 21.4. The second-order valence-corrected chi connectivity index (χ2v) is 5.90. The third-order valence-corrected chi connectivity index (χ3v) is 3.96. The molecule has 3 rings (SSSR count). The van der Waals surface area contributed by atoms with Crippen molar-refractivity contribution in [3.8, 4) is 0 Å². The smallest absolute Gasteiger partial charge is 0.128 e. The minimum Gasteiger partial charge on any atom is -0.349 e. The number of hydrogen-bond donors (Lipinski definition) is 0. The van der Waals surface area contributed by atoms with Gasteiger partial charge < -0.3 is 4.90 Å². The number of aliphatic imine (C=N–C) groups is 1. The van der Waals surface area contributed by atoms with Crippen LogP contribution in [0.25, 0.3) is 0 Å². The van der Waals surface area contributed by atoms with Gasteiger partial charge in [-0.1, -0.05) is 41.4 Å². The molecule has 1 aliphatic rings. The number of nitrogens with zero attached hydrogens (tertiary/aromatic N) is 2. The molecule has 0 radical (unpaired) electrons. The van der Waals surface area contributed by atoms with E-state index < -0.39 is 6.04 Å². The van der Waals surface area contributed by atoms with Crippen LogP contribution in [0.4, 0.5) is 10.1 Å². The van der Waals surface area contributed by atoms with Crippen molar-refractivity contribution < 1.29 is 4.39 Å². The maximum atomic E-state index is 14.2. The van der Waals surface area contributed by atoms with Crippen LogP contribution in [-0.4, -0.2) is 13.3 Å². The van der Waals surface area contributed by atoms with Crippen molar-refractivity contribution in [2.75, 3.05) is 11.9 Å². The molecule has 1 aliphatic heterocycles. The monoisotopic (exact) mass is 334 g/mol. The molecule has 0 amide bonds. The molecule has 112 valence electrons. The Morgan fingerprint density at radius 1 is 1.09 bits per heavy atom.